The first-order chi connectivity index (χ1) is 24.6. The van der Waals surface area contributed by atoms with Gasteiger partial charge in [0.1, 0.15) is 16.8 Å². The molecule has 0 aliphatic rings. The molecule has 0 bridgehead atoms. The van der Waals surface area contributed by atoms with Crippen LogP contribution in [0.1, 0.15) is 50.1 Å². The van der Waals surface area contributed by atoms with Gasteiger partial charge in [-0.15, -0.1) is 23.1 Å². The van der Waals surface area contributed by atoms with Crippen LogP contribution in [0.3, 0.4) is 0 Å². The molecular weight excluding hydrogens is 702 g/mol. The summed E-state index contributed by atoms with van der Waals surface area (Å²) in [5.41, 5.74) is 2.85. The van der Waals surface area contributed by atoms with Crippen LogP contribution in [-0.4, -0.2) is 28.9 Å². The molecule has 0 radical (unpaired) electrons. The average Bonchev–Trinajstić information content (AvgIpc) is 3.46. The number of carbonyl (C=O) groups is 4. The Morgan fingerprint density at radius 3 is 2.18 bits per heavy atom. The van der Waals surface area contributed by atoms with Crippen molar-refractivity contribution < 1.29 is 19.2 Å². The SMILES string of the molecule is CCC(Sc1cccc(NC(=O)/C(=C\c2ccc(Cl)cc2)NC(=O)c2ccccc2)c1)C(=O)Nc1sc(C(=O)Nc2ccccc2)c(C)c1C#N. The number of nitrogens with one attached hydrogen (secondary N) is 4. The molecule has 4 amide bonds. The number of amides is 4. The van der Waals surface area contributed by atoms with E-state index in [9.17, 15) is 24.4 Å². The summed E-state index contributed by atoms with van der Waals surface area (Å²) in [5.74, 6) is -1.70. The first-order valence-electron chi connectivity index (χ1n) is 15.8. The van der Waals surface area contributed by atoms with E-state index in [2.05, 4.69) is 27.3 Å². The zero-order chi connectivity index (χ0) is 36.3. The van der Waals surface area contributed by atoms with Gasteiger partial charge in [-0.05, 0) is 85.1 Å². The Morgan fingerprint density at radius 2 is 1.51 bits per heavy atom. The van der Waals surface area contributed by atoms with Gasteiger partial charge in [0.25, 0.3) is 17.7 Å². The molecule has 1 aromatic heterocycles. The highest BCUT2D eigenvalue weighted by Crippen LogP contribution is 2.35. The topological polar surface area (TPSA) is 140 Å². The summed E-state index contributed by atoms with van der Waals surface area (Å²) in [4.78, 5) is 54.1. The molecule has 0 saturated heterocycles. The molecule has 4 aromatic carbocycles. The van der Waals surface area contributed by atoms with Crippen molar-refractivity contribution in [1.82, 2.24) is 5.32 Å². The zero-order valence-corrected chi connectivity index (χ0v) is 29.9. The summed E-state index contributed by atoms with van der Waals surface area (Å²) in [6.45, 7) is 3.55. The van der Waals surface area contributed by atoms with E-state index in [0.29, 0.717) is 54.3 Å². The molecule has 1 unspecified atom stereocenters. The van der Waals surface area contributed by atoms with Gasteiger partial charge in [-0.2, -0.15) is 5.26 Å². The van der Waals surface area contributed by atoms with E-state index < -0.39 is 17.1 Å². The number of para-hydroxylation sites is 1. The number of benzene rings is 4. The van der Waals surface area contributed by atoms with E-state index in [4.69, 9.17) is 11.6 Å². The number of hydrogen-bond acceptors (Lipinski definition) is 7. The second kappa shape index (κ2) is 17.3. The van der Waals surface area contributed by atoms with Crippen LogP contribution in [0.25, 0.3) is 6.08 Å². The van der Waals surface area contributed by atoms with Crippen LogP contribution < -0.4 is 21.3 Å². The molecule has 4 N–H and O–H groups in total. The Kier molecular flexibility index (Phi) is 12.4. The number of rotatable bonds is 12. The van der Waals surface area contributed by atoms with E-state index in [1.165, 1.54) is 11.8 Å². The Hall–Kier alpha value is -5.67. The predicted molar refractivity (Wildman–Crippen MR) is 205 cm³/mol. The molecular formula is C39H32ClN5O4S2. The molecule has 0 fully saturated rings. The van der Waals surface area contributed by atoms with Crippen LogP contribution in [0.2, 0.25) is 5.02 Å². The van der Waals surface area contributed by atoms with Gasteiger partial charge in [-0.1, -0.05) is 73.1 Å². The van der Waals surface area contributed by atoms with Gasteiger partial charge >= 0.3 is 0 Å². The van der Waals surface area contributed by atoms with Crippen LogP contribution in [-0.2, 0) is 9.59 Å². The van der Waals surface area contributed by atoms with Crippen molar-refractivity contribution in [3.05, 3.63) is 147 Å². The van der Waals surface area contributed by atoms with Gasteiger partial charge in [-0.25, -0.2) is 0 Å². The number of halogens is 1. The third-order valence-electron chi connectivity index (χ3n) is 7.48. The number of carbonyl (C=O) groups excluding carboxylic acids is 4. The molecule has 5 aromatic rings. The Balaban J connectivity index is 1.29. The van der Waals surface area contributed by atoms with Crippen LogP contribution in [0.4, 0.5) is 16.4 Å². The van der Waals surface area contributed by atoms with Crippen molar-refractivity contribution in [1.29, 1.82) is 5.26 Å². The number of anilines is 3. The molecule has 0 aliphatic carbocycles. The molecule has 12 heteroatoms. The van der Waals surface area contributed by atoms with E-state index in [0.717, 1.165) is 11.3 Å². The summed E-state index contributed by atoms with van der Waals surface area (Å²) in [7, 11) is 0. The van der Waals surface area contributed by atoms with Crippen molar-refractivity contribution in [2.75, 3.05) is 16.0 Å². The van der Waals surface area contributed by atoms with E-state index in [1.54, 1.807) is 110 Å². The molecule has 9 nitrogen and oxygen atoms in total. The number of thioether (sulfide) groups is 1. The normalized spacial score (nSPS) is 11.5. The highest BCUT2D eigenvalue weighted by Gasteiger charge is 2.25. The van der Waals surface area contributed by atoms with Gasteiger partial charge in [0.05, 0.1) is 15.7 Å². The lowest BCUT2D eigenvalue weighted by Gasteiger charge is -2.15. The Morgan fingerprint density at radius 1 is 0.843 bits per heavy atom. The number of nitrogens with zero attached hydrogens (tertiary/aromatic N) is 1. The van der Waals surface area contributed by atoms with Crippen LogP contribution in [0.15, 0.2) is 120 Å². The highest BCUT2D eigenvalue weighted by molar-refractivity contribution is 8.00. The number of hydrogen-bond donors (Lipinski definition) is 4. The average molecular weight is 734 g/mol. The number of thiophene rings is 1. The van der Waals surface area contributed by atoms with Crippen molar-refractivity contribution in [3.8, 4) is 6.07 Å². The maximum atomic E-state index is 13.5. The number of nitriles is 1. The van der Waals surface area contributed by atoms with E-state index in [1.807, 2.05) is 19.1 Å². The lowest BCUT2D eigenvalue weighted by Crippen LogP contribution is -2.30. The third-order valence-corrected chi connectivity index (χ3v) is 10.3. The van der Waals surface area contributed by atoms with Crippen molar-refractivity contribution >= 4 is 80.8 Å². The molecule has 51 heavy (non-hydrogen) atoms. The Labute approximate surface area is 308 Å². The van der Waals surface area contributed by atoms with Gasteiger partial charge in [0.15, 0.2) is 0 Å². The first-order valence-corrected chi connectivity index (χ1v) is 17.8. The smallest absolute Gasteiger partial charge is 0.272 e. The summed E-state index contributed by atoms with van der Waals surface area (Å²) < 4.78 is 0. The first kappa shape index (κ1) is 36.6. The second-order valence-corrected chi connectivity index (χ2v) is 13.8. The zero-order valence-electron chi connectivity index (χ0n) is 27.5. The second-order valence-electron chi connectivity index (χ2n) is 11.1. The lowest BCUT2D eigenvalue weighted by atomic mass is 10.1. The standard InChI is InChI=1S/C39H32ClN5O4S2/c1-3-33(37(48)45-39-31(23-41)24(2)34(51-39)38(49)42-28-13-8-5-9-14-28)50-30-16-10-15-29(22-30)43-36(47)32(21-25-17-19-27(40)20-18-25)44-35(46)26-11-6-4-7-12-26/h4-22,33H,3H2,1-2H3,(H,42,49)(H,43,47)(H,44,46)(H,45,48)/b32-21+. The molecule has 0 saturated carbocycles. The summed E-state index contributed by atoms with van der Waals surface area (Å²) in [6, 6.07) is 33.5. The quantitative estimate of drug-likeness (QED) is 0.0747. The van der Waals surface area contributed by atoms with Gasteiger partial charge < -0.3 is 21.3 Å². The highest BCUT2D eigenvalue weighted by atomic mass is 35.5. The lowest BCUT2D eigenvalue weighted by molar-refractivity contribution is -0.116. The molecule has 256 valence electrons. The summed E-state index contributed by atoms with van der Waals surface area (Å²) in [6.07, 6.45) is 2.02. The monoisotopic (exact) mass is 733 g/mol. The van der Waals surface area contributed by atoms with Crippen molar-refractivity contribution in [3.63, 3.8) is 0 Å². The fourth-order valence-electron chi connectivity index (χ4n) is 4.85. The minimum Gasteiger partial charge on any atom is -0.321 e. The van der Waals surface area contributed by atoms with Gasteiger partial charge in [0.2, 0.25) is 5.91 Å². The molecule has 0 spiro atoms. The third kappa shape index (κ3) is 9.73. The minimum absolute atomic E-state index is 0.0198. The molecule has 1 heterocycles. The maximum absolute atomic E-state index is 13.5. The van der Waals surface area contributed by atoms with Crippen LogP contribution in [0.5, 0.6) is 0 Å². The predicted octanol–water partition coefficient (Wildman–Crippen LogP) is 8.75. The van der Waals surface area contributed by atoms with Gasteiger partial charge in [-0.3, -0.25) is 19.2 Å². The Bertz CT molecular complexity index is 2130. The van der Waals surface area contributed by atoms with Crippen LogP contribution in [0, 0.1) is 18.3 Å². The fraction of sp³-hybridized carbons (Fsp3) is 0.103. The molecule has 1 atom stereocenters. The fourth-order valence-corrected chi connectivity index (χ4v) is 7.05. The largest absolute Gasteiger partial charge is 0.321 e. The van der Waals surface area contributed by atoms with Crippen LogP contribution >= 0.6 is 34.7 Å². The summed E-state index contributed by atoms with van der Waals surface area (Å²) >= 11 is 8.38. The van der Waals surface area contributed by atoms with Gasteiger partial charge in [0, 0.05) is 26.9 Å². The molecule has 0 aliphatic heterocycles. The van der Waals surface area contributed by atoms with Crippen molar-refractivity contribution in [2.45, 2.75) is 30.4 Å². The van der Waals surface area contributed by atoms with E-state index >= 15 is 0 Å². The summed E-state index contributed by atoms with van der Waals surface area (Å²) in [5, 5.41) is 21.4. The van der Waals surface area contributed by atoms with E-state index in [-0.39, 0.29) is 23.1 Å². The maximum Gasteiger partial charge on any atom is 0.272 e. The minimum atomic E-state index is -0.558. The molecule has 5 rings (SSSR count). The van der Waals surface area contributed by atoms with Crippen molar-refractivity contribution in [2.24, 2.45) is 0 Å².